The van der Waals surface area contributed by atoms with Crippen molar-refractivity contribution in [3.63, 3.8) is 0 Å². The summed E-state index contributed by atoms with van der Waals surface area (Å²) in [6.07, 6.45) is 2.66. The van der Waals surface area contributed by atoms with Crippen LogP contribution in [0.3, 0.4) is 0 Å². The zero-order chi connectivity index (χ0) is 14.2. The van der Waals surface area contributed by atoms with E-state index >= 15 is 0 Å². The zero-order valence-corrected chi connectivity index (χ0v) is 12.9. The van der Waals surface area contributed by atoms with Crippen molar-refractivity contribution >= 4 is 11.3 Å². The van der Waals surface area contributed by atoms with Crippen LogP contribution in [0.1, 0.15) is 40.9 Å². The maximum absolute atomic E-state index is 6.36. The fraction of sp³-hybridized carbons (Fsp3) is 0.471. The first-order valence-electron chi connectivity index (χ1n) is 7.77. The number of aromatic nitrogens is 1. The molecule has 2 aromatic rings. The predicted molar refractivity (Wildman–Crippen MR) is 86.5 cm³/mol. The van der Waals surface area contributed by atoms with E-state index < -0.39 is 0 Å². The van der Waals surface area contributed by atoms with Crippen molar-refractivity contribution < 1.29 is 0 Å². The third kappa shape index (κ3) is 2.89. The minimum absolute atomic E-state index is 0.230. The smallest absolute Gasteiger partial charge is 0.0959 e. The number of hydrogen-bond acceptors (Lipinski definition) is 4. The first-order valence-corrected chi connectivity index (χ1v) is 8.65. The Morgan fingerprint density at radius 1 is 1.19 bits per heavy atom. The SMILES string of the molecule is N[C@@H]1CN(Cc2csc(C3CC3)n2)C[C@H]1c1ccccc1. The van der Waals surface area contributed by atoms with Crippen LogP contribution in [0, 0.1) is 0 Å². The third-order valence-corrected chi connectivity index (χ3v) is 5.61. The molecule has 2 aliphatic rings. The quantitative estimate of drug-likeness (QED) is 0.944. The summed E-state index contributed by atoms with van der Waals surface area (Å²) in [5, 5.41) is 3.57. The van der Waals surface area contributed by atoms with E-state index in [2.05, 4.69) is 40.6 Å². The molecule has 1 aliphatic carbocycles. The molecular weight excluding hydrogens is 278 g/mol. The molecule has 2 N–H and O–H groups in total. The van der Waals surface area contributed by atoms with Crippen molar-refractivity contribution in [3.05, 3.63) is 52.0 Å². The molecule has 110 valence electrons. The maximum Gasteiger partial charge on any atom is 0.0959 e. The minimum Gasteiger partial charge on any atom is -0.326 e. The summed E-state index contributed by atoms with van der Waals surface area (Å²) < 4.78 is 0. The van der Waals surface area contributed by atoms with Crippen LogP contribution in [0.4, 0.5) is 0 Å². The fourth-order valence-corrected chi connectivity index (χ4v) is 4.22. The molecule has 1 saturated heterocycles. The van der Waals surface area contributed by atoms with Crippen LogP contribution in [0.15, 0.2) is 35.7 Å². The number of nitrogens with zero attached hydrogens (tertiary/aromatic N) is 2. The van der Waals surface area contributed by atoms with Crippen molar-refractivity contribution in [1.82, 2.24) is 9.88 Å². The van der Waals surface area contributed by atoms with Gasteiger partial charge in [-0.15, -0.1) is 11.3 Å². The van der Waals surface area contributed by atoms with E-state index in [0.29, 0.717) is 5.92 Å². The standard InChI is InChI=1S/C17H21N3S/c18-16-10-20(9-15(16)12-4-2-1-3-5-12)8-14-11-21-17(19-14)13-6-7-13/h1-5,11,13,15-16H,6-10,18H2/t15-,16+/m0/s1. The molecule has 0 spiro atoms. The van der Waals surface area contributed by atoms with Crippen molar-refractivity contribution in [2.45, 2.75) is 37.3 Å². The number of thiazole rings is 1. The van der Waals surface area contributed by atoms with Crippen molar-refractivity contribution in [3.8, 4) is 0 Å². The third-order valence-electron chi connectivity index (χ3n) is 4.55. The molecule has 4 heteroatoms. The molecular formula is C17H21N3S. The number of benzene rings is 1. The Balaban J connectivity index is 1.42. The van der Waals surface area contributed by atoms with Gasteiger partial charge in [-0.05, 0) is 18.4 Å². The summed E-state index contributed by atoms with van der Waals surface area (Å²) in [5.41, 5.74) is 8.95. The Labute approximate surface area is 129 Å². The monoisotopic (exact) mass is 299 g/mol. The molecule has 2 heterocycles. The Bertz CT molecular complexity index is 606. The first kappa shape index (κ1) is 13.4. The average molecular weight is 299 g/mol. The normalized spacial score (nSPS) is 26.3. The van der Waals surface area contributed by atoms with E-state index in [-0.39, 0.29) is 6.04 Å². The lowest BCUT2D eigenvalue weighted by Crippen LogP contribution is -2.28. The lowest BCUT2D eigenvalue weighted by Gasteiger charge is -2.15. The Morgan fingerprint density at radius 3 is 2.76 bits per heavy atom. The zero-order valence-electron chi connectivity index (χ0n) is 12.1. The Hall–Kier alpha value is -1.23. The number of rotatable bonds is 4. The summed E-state index contributed by atoms with van der Waals surface area (Å²) >= 11 is 1.83. The van der Waals surface area contributed by atoms with E-state index in [1.54, 1.807) is 0 Å². The van der Waals surface area contributed by atoms with E-state index in [9.17, 15) is 0 Å². The van der Waals surface area contributed by atoms with Crippen LogP contribution < -0.4 is 5.73 Å². The van der Waals surface area contributed by atoms with Gasteiger partial charge in [-0.3, -0.25) is 4.90 Å². The molecule has 2 atom stereocenters. The second kappa shape index (κ2) is 5.52. The fourth-order valence-electron chi connectivity index (χ4n) is 3.24. The van der Waals surface area contributed by atoms with Gasteiger partial charge in [0.1, 0.15) is 0 Å². The average Bonchev–Trinajstić information content (AvgIpc) is 3.15. The van der Waals surface area contributed by atoms with Crippen LogP contribution in [-0.2, 0) is 6.54 Å². The molecule has 2 fully saturated rings. The summed E-state index contributed by atoms with van der Waals surface area (Å²) in [6.45, 7) is 2.96. The molecule has 1 aliphatic heterocycles. The minimum atomic E-state index is 0.230. The van der Waals surface area contributed by atoms with Crippen LogP contribution >= 0.6 is 11.3 Å². The van der Waals surface area contributed by atoms with Crippen molar-refractivity contribution in [1.29, 1.82) is 0 Å². The highest BCUT2D eigenvalue weighted by atomic mass is 32.1. The van der Waals surface area contributed by atoms with Gasteiger partial charge < -0.3 is 5.73 Å². The highest BCUT2D eigenvalue weighted by molar-refractivity contribution is 7.09. The molecule has 0 bridgehead atoms. The van der Waals surface area contributed by atoms with Gasteiger partial charge in [-0.2, -0.15) is 0 Å². The summed E-state index contributed by atoms with van der Waals surface area (Å²) in [5.74, 6) is 1.22. The lowest BCUT2D eigenvalue weighted by atomic mass is 9.95. The van der Waals surface area contributed by atoms with Crippen LogP contribution in [0.25, 0.3) is 0 Å². The number of likely N-dealkylation sites (tertiary alicyclic amines) is 1. The molecule has 0 radical (unpaired) electrons. The van der Waals surface area contributed by atoms with E-state index in [0.717, 1.165) is 25.6 Å². The van der Waals surface area contributed by atoms with Gasteiger partial charge in [0.2, 0.25) is 0 Å². The number of hydrogen-bond donors (Lipinski definition) is 1. The molecule has 21 heavy (non-hydrogen) atoms. The van der Waals surface area contributed by atoms with Crippen LogP contribution in [0.5, 0.6) is 0 Å². The van der Waals surface area contributed by atoms with Crippen molar-refractivity contribution in [2.75, 3.05) is 13.1 Å². The summed E-state index contributed by atoms with van der Waals surface area (Å²) in [6, 6.07) is 10.9. The summed E-state index contributed by atoms with van der Waals surface area (Å²) in [7, 11) is 0. The van der Waals surface area contributed by atoms with Gasteiger partial charge in [-0.25, -0.2) is 4.98 Å². The molecule has 3 nitrogen and oxygen atoms in total. The molecule has 1 aromatic carbocycles. The maximum atomic E-state index is 6.36. The topological polar surface area (TPSA) is 42.1 Å². The molecule has 4 rings (SSSR count). The van der Waals surface area contributed by atoms with E-state index in [1.165, 1.54) is 29.1 Å². The van der Waals surface area contributed by atoms with Gasteiger partial charge in [0, 0.05) is 42.9 Å². The second-order valence-corrected chi connectivity index (χ2v) is 7.22. The van der Waals surface area contributed by atoms with Crippen LogP contribution in [-0.4, -0.2) is 29.0 Å². The number of nitrogens with two attached hydrogens (primary N) is 1. The van der Waals surface area contributed by atoms with Crippen molar-refractivity contribution in [2.24, 2.45) is 5.73 Å². The Kier molecular flexibility index (Phi) is 3.53. The molecule has 0 unspecified atom stereocenters. The van der Waals surface area contributed by atoms with Gasteiger partial charge in [-0.1, -0.05) is 30.3 Å². The molecule has 1 aromatic heterocycles. The molecule has 1 saturated carbocycles. The molecule has 0 amide bonds. The predicted octanol–water partition coefficient (Wildman–Crippen LogP) is 2.95. The highest BCUT2D eigenvalue weighted by Gasteiger charge is 2.32. The second-order valence-electron chi connectivity index (χ2n) is 6.33. The van der Waals surface area contributed by atoms with Gasteiger partial charge in [0.15, 0.2) is 0 Å². The highest BCUT2D eigenvalue weighted by Crippen LogP contribution is 2.41. The first-order chi connectivity index (χ1) is 10.3. The summed E-state index contributed by atoms with van der Waals surface area (Å²) in [4.78, 5) is 7.25. The largest absolute Gasteiger partial charge is 0.326 e. The van der Waals surface area contributed by atoms with E-state index in [1.807, 2.05) is 11.3 Å². The van der Waals surface area contributed by atoms with Crippen LogP contribution in [0.2, 0.25) is 0 Å². The van der Waals surface area contributed by atoms with Gasteiger partial charge >= 0.3 is 0 Å². The van der Waals surface area contributed by atoms with E-state index in [4.69, 9.17) is 10.7 Å². The lowest BCUT2D eigenvalue weighted by molar-refractivity contribution is 0.320. The van der Waals surface area contributed by atoms with Gasteiger partial charge in [0.25, 0.3) is 0 Å². The van der Waals surface area contributed by atoms with Gasteiger partial charge in [0.05, 0.1) is 10.7 Å². The Morgan fingerprint density at radius 2 is 2.00 bits per heavy atom.